The van der Waals surface area contributed by atoms with E-state index in [0.29, 0.717) is 12.8 Å². The third-order valence-corrected chi connectivity index (χ3v) is 10.3. The summed E-state index contributed by atoms with van der Waals surface area (Å²) in [5, 5.41) is 2.38. The summed E-state index contributed by atoms with van der Waals surface area (Å²) in [6, 6.07) is 0. The van der Waals surface area contributed by atoms with Crippen LogP contribution in [0.4, 0.5) is 4.79 Å². The van der Waals surface area contributed by atoms with Crippen LogP contribution in [0.15, 0.2) is 0 Å². The first-order valence-electron chi connectivity index (χ1n) is 21.6. The molecule has 0 radical (unpaired) electrons. The van der Waals surface area contributed by atoms with Crippen LogP contribution in [0.5, 0.6) is 0 Å². The SMILES string of the molecule is CCCCCCCCCCCCCCCC(=O)OCC(COP(=O)(O)OCCNC(=O)OCCOC)OC(=O)CCCCCCCCCCCCCCC.N. The van der Waals surface area contributed by atoms with Crippen molar-refractivity contribution in [3.05, 3.63) is 0 Å². The molecule has 0 saturated carbocycles. The van der Waals surface area contributed by atoms with Crippen LogP contribution in [0.25, 0.3) is 0 Å². The summed E-state index contributed by atoms with van der Waals surface area (Å²) >= 11 is 0. The summed E-state index contributed by atoms with van der Waals surface area (Å²) in [5.74, 6) is -0.897. The third kappa shape index (κ3) is 41.7. The minimum Gasteiger partial charge on any atom is -0.462 e. The number of carbonyl (C=O) groups is 3. The van der Waals surface area contributed by atoms with Gasteiger partial charge in [0.1, 0.15) is 13.2 Å². The number of alkyl carbamates (subject to hydrolysis) is 1. The fraction of sp³-hybridized carbons (Fsp3) is 0.927. The first-order chi connectivity index (χ1) is 26.2. The molecule has 328 valence electrons. The van der Waals surface area contributed by atoms with Gasteiger partial charge in [0.25, 0.3) is 0 Å². The predicted octanol–water partition coefficient (Wildman–Crippen LogP) is 11.1. The van der Waals surface area contributed by atoms with Crippen LogP contribution in [-0.4, -0.2) is 75.7 Å². The first-order valence-corrected chi connectivity index (χ1v) is 23.1. The summed E-state index contributed by atoms with van der Waals surface area (Å²) in [6.07, 6.45) is 29.8. The highest BCUT2D eigenvalue weighted by Crippen LogP contribution is 2.43. The number of ether oxygens (including phenoxy) is 4. The van der Waals surface area contributed by atoms with Crippen molar-refractivity contribution < 1.29 is 51.8 Å². The summed E-state index contributed by atoms with van der Waals surface area (Å²) in [7, 11) is -3.09. The lowest BCUT2D eigenvalue weighted by Gasteiger charge is -2.20. The van der Waals surface area contributed by atoms with Crippen LogP contribution < -0.4 is 11.5 Å². The number of rotatable bonds is 41. The molecular weight excluding hydrogens is 727 g/mol. The fourth-order valence-corrected chi connectivity index (χ4v) is 6.74. The Balaban J connectivity index is 0. The summed E-state index contributed by atoms with van der Waals surface area (Å²) in [5.41, 5.74) is 0. The Hall–Kier alpha value is -1.76. The molecule has 0 rings (SSSR count). The monoisotopic (exact) mass is 811 g/mol. The molecule has 0 fully saturated rings. The van der Waals surface area contributed by atoms with Gasteiger partial charge in [0, 0.05) is 26.5 Å². The van der Waals surface area contributed by atoms with Crippen LogP contribution in [0, 0.1) is 0 Å². The van der Waals surface area contributed by atoms with E-state index in [1.807, 2.05) is 0 Å². The van der Waals surface area contributed by atoms with Crippen LogP contribution >= 0.6 is 7.82 Å². The van der Waals surface area contributed by atoms with Gasteiger partial charge < -0.3 is 35.3 Å². The Morgan fingerprint density at radius 2 is 0.964 bits per heavy atom. The van der Waals surface area contributed by atoms with Gasteiger partial charge in [-0.05, 0) is 12.8 Å². The first kappa shape index (κ1) is 55.3. The molecule has 0 spiro atoms. The van der Waals surface area contributed by atoms with Gasteiger partial charge in [-0.1, -0.05) is 168 Å². The molecule has 0 aliphatic carbocycles. The van der Waals surface area contributed by atoms with E-state index < -0.39 is 38.6 Å². The highest BCUT2D eigenvalue weighted by Gasteiger charge is 2.26. The van der Waals surface area contributed by atoms with Crippen LogP contribution in [0.3, 0.4) is 0 Å². The zero-order valence-electron chi connectivity index (χ0n) is 35.3. The predicted molar refractivity (Wildman–Crippen MR) is 219 cm³/mol. The number of nitrogens with one attached hydrogen (secondary N) is 1. The molecular formula is C41H83N2O11P. The van der Waals surface area contributed by atoms with Gasteiger partial charge in [-0.15, -0.1) is 0 Å². The van der Waals surface area contributed by atoms with Crippen molar-refractivity contribution in [3.63, 3.8) is 0 Å². The van der Waals surface area contributed by atoms with E-state index in [-0.39, 0.29) is 52.0 Å². The lowest BCUT2D eigenvalue weighted by atomic mass is 10.0. The molecule has 55 heavy (non-hydrogen) atoms. The molecule has 0 heterocycles. The van der Waals surface area contributed by atoms with Crippen molar-refractivity contribution in [1.29, 1.82) is 0 Å². The molecule has 2 unspecified atom stereocenters. The number of carbonyl (C=O) groups excluding carboxylic acids is 3. The number of methoxy groups -OCH3 is 1. The Bertz CT molecular complexity index is 929. The molecule has 14 heteroatoms. The lowest BCUT2D eigenvalue weighted by molar-refractivity contribution is -0.161. The van der Waals surface area contributed by atoms with Crippen molar-refractivity contribution in [3.8, 4) is 0 Å². The maximum atomic E-state index is 12.7. The van der Waals surface area contributed by atoms with E-state index in [4.69, 9.17) is 28.0 Å². The number of unbranched alkanes of at least 4 members (excludes halogenated alkanes) is 24. The number of phosphoric acid groups is 1. The maximum Gasteiger partial charge on any atom is 0.472 e. The van der Waals surface area contributed by atoms with Crippen molar-refractivity contribution in [2.45, 2.75) is 200 Å². The summed E-state index contributed by atoms with van der Waals surface area (Å²) in [6.45, 7) is 3.55. The second-order valence-electron chi connectivity index (χ2n) is 14.4. The lowest BCUT2D eigenvalue weighted by Crippen LogP contribution is -2.30. The second-order valence-corrected chi connectivity index (χ2v) is 15.9. The minimum absolute atomic E-state index is 0. The van der Waals surface area contributed by atoms with Gasteiger partial charge in [-0.25, -0.2) is 9.36 Å². The summed E-state index contributed by atoms with van der Waals surface area (Å²) in [4.78, 5) is 46.9. The molecule has 0 aliphatic rings. The minimum atomic E-state index is -4.56. The molecule has 0 aliphatic heterocycles. The van der Waals surface area contributed by atoms with Crippen molar-refractivity contribution in [2.75, 3.05) is 46.7 Å². The average Bonchev–Trinajstić information content (AvgIpc) is 3.15. The van der Waals surface area contributed by atoms with Gasteiger partial charge in [0.15, 0.2) is 6.10 Å². The Morgan fingerprint density at radius 3 is 1.40 bits per heavy atom. The van der Waals surface area contributed by atoms with E-state index >= 15 is 0 Å². The fourth-order valence-electron chi connectivity index (χ4n) is 5.99. The molecule has 0 aromatic carbocycles. The highest BCUT2D eigenvalue weighted by molar-refractivity contribution is 7.47. The molecule has 0 bridgehead atoms. The summed E-state index contributed by atoms with van der Waals surface area (Å²) < 4.78 is 43.0. The second kappa shape index (κ2) is 41.9. The molecule has 0 saturated heterocycles. The molecule has 2 atom stereocenters. The number of hydrogen-bond acceptors (Lipinski definition) is 11. The standard InChI is InChI=1S/C41H80NO11P.H3N/c1-4-6-8-10-12-14-16-18-20-22-24-26-28-30-39(43)50-36-38(37-52-54(46,47)51-33-32-42-41(45)49-35-34-48-3)53-40(44)31-29-27-25-23-21-19-17-15-13-11-9-7-5-2;/h38H,4-37H2,1-3H3,(H,42,45)(H,46,47);1H3. The van der Waals surface area contributed by atoms with Gasteiger partial charge in [-0.2, -0.15) is 0 Å². The molecule has 0 aromatic rings. The largest absolute Gasteiger partial charge is 0.472 e. The van der Waals surface area contributed by atoms with Gasteiger partial charge >= 0.3 is 25.9 Å². The van der Waals surface area contributed by atoms with Gasteiger partial charge in [0.05, 0.1) is 19.8 Å². The van der Waals surface area contributed by atoms with E-state index in [9.17, 15) is 23.8 Å². The van der Waals surface area contributed by atoms with Gasteiger partial charge in [-0.3, -0.25) is 18.6 Å². The number of phosphoric ester groups is 1. The van der Waals surface area contributed by atoms with E-state index in [1.165, 1.54) is 123 Å². The molecule has 13 nitrogen and oxygen atoms in total. The highest BCUT2D eigenvalue weighted by atomic mass is 31.2. The molecule has 5 N–H and O–H groups in total. The third-order valence-electron chi connectivity index (χ3n) is 9.27. The Morgan fingerprint density at radius 1 is 0.545 bits per heavy atom. The van der Waals surface area contributed by atoms with Crippen molar-refractivity contribution in [1.82, 2.24) is 11.5 Å². The van der Waals surface area contributed by atoms with Crippen molar-refractivity contribution >= 4 is 25.9 Å². The van der Waals surface area contributed by atoms with Crippen LogP contribution in [0.1, 0.15) is 194 Å². The number of hydrogen-bond donors (Lipinski definition) is 3. The van der Waals surface area contributed by atoms with E-state index in [1.54, 1.807) is 0 Å². The zero-order chi connectivity index (χ0) is 39.8. The number of esters is 2. The average molecular weight is 811 g/mol. The normalized spacial score (nSPS) is 12.7. The Labute approximate surface area is 335 Å². The Kier molecular flexibility index (Phi) is 42.1. The topological polar surface area (TPSA) is 191 Å². The smallest absolute Gasteiger partial charge is 0.462 e. The molecule has 0 aromatic heterocycles. The van der Waals surface area contributed by atoms with Crippen LogP contribution in [-0.2, 0) is 42.1 Å². The van der Waals surface area contributed by atoms with E-state index in [2.05, 4.69) is 19.2 Å². The van der Waals surface area contributed by atoms with Gasteiger partial charge in [0.2, 0.25) is 0 Å². The maximum absolute atomic E-state index is 12.7. The quantitative estimate of drug-likeness (QED) is 0.0229. The van der Waals surface area contributed by atoms with E-state index in [0.717, 1.165) is 38.5 Å². The van der Waals surface area contributed by atoms with Crippen LogP contribution in [0.2, 0.25) is 0 Å². The number of amides is 1. The molecule has 1 amide bonds. The zero-order valence-corrected chi connectivity index (χ0v) is 36.2. The van der Waals surface area contributed by atoms with Crippen molar-refractivity contribution in [2.24, 2.45) is 0 Å².